The first kappa shape index (κ1) is 19.4. The van der Waals surface area contributed by atoms with Crippen LogP contribution in [0.1, 0.15) is 88.4 Å². The van der Waals surface area contributed by atoms with Crippen LogP contribution in [0.2, 0.25) is 0 Å². The zero-order chi connectivity index (χ0) is 16.9. The number of carbonyl (C=O) groups is 2. The van der Waals surface area contributed by atoms with Crippen molar-refractivity contribution in [3.05, 3.63) is 29.8 Å². The summed E-state index contributed by atoms with van der Waals surface area (Å²) in [5, 5.41) is 2.86. The molecule has 1 amide bonds. The summed E-state index contributed by atoms with van der Waals surface area (Å²) in [5.74, 6) is -0.0226. The maximum absolute atomic E-state index is 12.0. The highest BCUT2D eigenvalue weighted by molar-refractivity contribution is 6.03. The van der Waals surface area contributed by atoms with Gasteiger partial charge in [-0.2, -0.15) is 0 Å². The number of para-hydroxylation sites is 1. The molecular formula is C20H31NO2. The number of Topliss-reactive ketones (excluding diaryl/α,β-unsaturated/α-hetero) is 1. The molecule has 0 fully saturated rings. The van der Waals surface area contributed by atoms with E-state index in [2.05, 4.69) is 12.2 Å². The number of carbonyl (C=O) groups excluding carboxylic acids is 2. The van der Waals surface area contributed by atoms with Crippen molar-refractivity contribution < 1.29 is 9.59 Å². The summed E-state index contributed by atoms with van der Waals surface area (Å²) in [7, 11) is 0. The highest BCUT2D eigenvalue weighted by Gasteiger charge is 2.09. The number of amides is 1. The van der Waals surface area contributed by atoms with E-state index in [1.165, 1.54) is 51.9 Å². The fraction of sp³-hybridized carbons (Fsp3) is 0.600. The average molecular weight is 317 g/mol. The van der Waals surface area contributed by atoms with Crippen molar-refractivity contribution in [3.8, 4) is 0 Å². The van der Waals surface area contributed by atoms with Gasteiger partial charge in [-0.05, 0) is 25.5 Å². The summed E-state index contributed by atoms with van der Waals surface area (Å²) in [6.07, 6.45) is 11.7. The molecule has 23 heavy (non-hydrogen) atoms. The van der Waals surface area contributed by atoms with E-state index in [0.29, 0.717) is 17.7 Å². The summed E-state index contributed by atoms with van der Waals surface area (Å²) in [6, 6.07) is 7.18. The molecule has 0 saturated carbocycles. The molecular weight excluding hydrogens is 286 g/mol. The maximum Gasteiger partial charge on any atom is 0.224 e. The zero-order valence-electron chi connectivity index (χ0n) is 14.7. The predicted octanol–water partition coefficient (Wildman–Crippen LogP) is 5.75. The third kappa shape index (κ3) is 8.53. The highest BCUT2D eigenvalue weighted by Crippen LogP contribution is 2.16. The Bertz CT molecular complexity index is 482. The zero-order valence-corrected chi connectivity index (χ0v) is 14.7. The van der Waals surface area contributed by atoms with Crippen LogP contribution < -0.4 is 5.32 Å². The minimum atomic E-state index is -0.0241. The van der Waals surface area contributed by atoms with Crippen molar-refractivity contribution in [3.63, 3.8) is 0 Å². The summed E-state index contributed by atoms with van der Waals surface area (Å²) in [4.78, 5) is 23.5. The second kappa shape index (κ2) is 11.9. The van der Waals surface area contributed by atoms with Gasteiger partial charge in [0, 0.05) is 12.0 Å². The number of nitrogens with one attached hydrogen (secondary N) is 1. The number of rotatable bonds is 12. The van der Waals surface area contributed by atoms with Gasteiger partial charge in [-0.1, -0.05) is 70.4 Å². The van der Waals surface area contributed by atoms with Crippen LogP contribution in [0.25, 0.3) is 0 Å². The summed E-state index contributed by atoms with van der Waals surface area (Å²) in [6.45, 7) is 3.76. The quantitative estimate of drug-likeness (QED) is 0.394. The van der Waals surface area contributed by atoms with Gasteiger partial charge in [0.15, 0.2) is 5.78 Å². The van der Waals surface area contributed by atoms with Crippen molar-refractivity contribution in [2.75, 3.05) is 5.32 Å². The number of ketones is 1. The van der Waals surface area contributed by atoms with Crippen LogP contribution in [-0.4, -0.2) is 11.7 Å². The first-order valence-electron chi connectivity index (χ1n) is 9.05. The van der Waals surface area contributed by atoms with Crippen LogP contribution >= 0.6 is 0 Å². The Balaban J connectivity index is 2.15. The van der Waals surface area contributed by atoms with Gasteiger partial charge in [-0.25, -0.2) is 0 Å². The van der Waals surface area contributed by atoms with Gasteiger partial charge < -0.3 is 5.32 Å². The van der Waals surface area contributed by atoms with Gasteiger partial charge >= 0.3 is 0 Å². The van der Waals surface area contributed by atoms with Gasteiger partial charge in [-0.15, -0.1) is 0 Å². The highest BCUT2D eigenvalue weighted by atomic mass is 16.1. The van der Waals surface area contributed by atoms with Crippen molar-refractivity contribution in [1.29, 1.82) is 0 Å². The lowest BCUT2D eigenvalue weighted by Gasteiger charge is -2.09. The van der Waals surface area contributed by atoms with Crippen LogP contribution in [0.15, 0.2) is 24.3 Å². The molecule has 1 N–H and O–H groups in total. The average Bonchev–Trinajstić information content (AvgIpc) is 2.53. The van der Waals surface area contributed by atoms with E-state index < -0.39 is 0 Å². The topological polar surface area (TPSA) is 46.2 Å². The molecule has 0 heterocycles. The predicted molar refractivity (Wildman–Crippen MR) is 96.9 cm³/mol. The normalized spacial score (nSPS) is 10.5. The molecule has 0 radical (unpaired) electrons. The fourth-order valence-electron chi connectivity index (χ4n) is 2.71. The maximum atomic E-state index is 12.0. The molecule has 1 aromatic rings. The molecule has 0 aromatic heterocycles. The minimum Gasteiger partial charge on any atom is -0.325 e. The Labute approximate surface area is 140 Å². The van der Waals surface area contributed by atoms with E-state index in [4.69, 9.17) is 0 Å². The smallest absolute Gasteiger partial charge is 0.224 e. The van der Waals surface area contributed by atoms with Crippen LogP contribution in [0.5, 0.6) is 0 Å². The van der Waals surface area contributed by atoms with Gasteiger partial charge in [0.05, 0.1) is 5.69 Å². The third-order valence-corrected chi connectivity index (χ3v) is 4.09. The molecule has 1 aromatic carbocycles. The third-order valence-electron chi connectivity index (χ3n) is 4.09. The van der Waals surface area contributed by atoms with Gasteiger partial charge in [0.25, 0.3) is 0 Å². The van der Waals surface area contributed by atoms with Gasteiger partial charge in [0.1, 0.15) is 0 Å². The number of hydrogen-bond acceptors (Lipinski definition) is 2. The number of benzene rings is 1. The molecule has 0 bridgehead atoms. The van der Waals surface area contributed by atoms with Crippen LogP contribution in [0, 0.1) is 0 Å². The molecule has 1 rings (SSSR count). The lowest BCUT2D eigenvalue weighted by Crippen LogP contribution is -2.13. The lowest BCUT2D eigenvalue weighted by molar-refractivity contribution is -0.116. The molecule has 0 spiro atoms. The molecule has 0 saturated heterocycles. The largest absolute Gasteiger partial charge is 0.325 e. The Morgan fingerprint density at radius 2 is 1.43 bits per heavy atom. The SMILES string of the molecule is CCCCCCCCCCCC(=O)Nc1ccccc1C(C)=O. The standard InChI is InChI=1S/C20H31NO2/c1-3-4-5-6-7-8-9-10-11-16-20(23)21-19-15-13-12-14-18(19)17(2)22/h12-15H,3-11,16H2,1-2H3,(H,21,23). The van der Waals surface area contributed by atoms with Gasteiger partial charge in [0.2, 0.25) is 5.91 Å². The Morgan fingerprint density at radius 3 is 2.04 bits per heavy atom. The van der Waals surface area contributed by atoms with Crippen molar-refractivity contribution in [1.82, 2.24) is 0 Å². The van der Waals surface area contributed by atoms with Crippen molar-refractivity contribution in [2.45, 2.75) is 78.1 Å². The number of hydrogen-bond donors (Lipinski definition) is 1. The molecule has 3 nitrogen and oxygen atoms in total. The minimum absolute atomic E-state index is 0.00152. The molecule has 0 aliphatic carbocycles. The Morgan fingerprint density at radius 1 is 0.870 bits per heavy atom. The van der Waals surface area contributed by atoms with Crippen LogP contribution in [-0.2, 0) is 4.79 Å². The number of anilines is 1. The molecule has 0 aliphatic rings. The van der Waals surface area contributed by atoms with Crippen molar-refractivity contribution in [2.24, 2.45) is 0 Å². The first-order valence-corrected chi connectivity index (χ1v) is 9.05. The van der Waals surface area contributed by atoms with Gasteiger partial charge in [-0.3, -0.25) is 9.59 Å². The first-order chi connectivity index (χ1) is 11.1. The molecule has 0 unspecified atom stereocenters. The molecule has 0 aliphatic heterocycles. The number of unbranched alkanes of at least 4 members (excludes halogenated alkanes) is 8. The van der Waals surface area contributed by atoms with Crippen LogP contribution in [0.4, 0.5) is 5.69 Å². The second-order valence-corrected chi connectivity index (χ2v) is 6.23. The van der Waals surface area contributed by atoms with E-state index >= 15 is 0 Å². The Hall–Kier alpha value is -1.64. The summed E-state index contributed by atoms with van der Waals surface area (Å²) < 4.78 is 0. The van der Waals surface area contributed by atoms with Crippen LogP contribution in [0.3, 0.4) is 0 Å². The molecule has 0 atom stereocenters. The van der Waals surface area contributed by atoms with Crippen molar-refractivity contribution >= 4 is 17.4 Å². The van der Waals surface area contributed by atoms with E-state index in [-0.39, 0.29) is 11.7 Å². The van der Waals surface area contributed by atoms with E-state index in [1.807, 2.05) is 12.1 Å². The molecule has 3 heteroatoms. The monoisotopic (exact) mass is 317 g/mol. The summed E-state index contributed by atoms with van der Waals surface area (Å²) in [5.41, 5.74) is 1.20. The van der Waals surface area contributed by atoms with E-state index in [9.17, 15) is 9.59 Å². The summed E-state index contributed by atoms with van der Waals surface area (Å²) >= 11 is 0. The fourth-order valence-corrected chi connectivity index (χ4v) is 2.71. The second-order valence-electron chi connectivity index (χ2n) is 6.23. The van der Waals surface area contributed by atoms with E-state index in [1.54, 1.807) is 12.1 Å². The van der Waals surface area contributed by atoms with E-state index in [0.717, 1.165) is 12.8 Å². The Kier molecular flexibility index (Phi) is 10.0. The lowest BCUT2D eigenvalue weighted by atomic mass is 10.1. The molecule has 128 valence electrons.